The summed E-state index contributed by atoms with van der Waals surface area (Å²) in [7, 11) is 0. The van der Waals surface area contributed by atoms with Crippen LogP contribution in [-0.4, -0.2) is 9.91 Å². The summed E-state index contributed by atoms with van der Waals surface area (Å²) in [4.78, 5) is 14.9. The van der Waals surface area contributed by atoms with Crippen LogP contribution in [0.4, 0.5) is 5.69 Å². The Labute approximate surface area is 128 Å². The predicted octanol–water partition coefficient (Wildman–Crippen LogP) is 4.36. The molecule has 2 aromatic heterocycles. The molecule has 0 fully saturated rings. The van der Waals surface area contributed by atoms with Crippen LogP contribution in [0.25, 0.3) is 10.6 Å². The molecule has 0 atom stereocenters. The minimum absolute atomic E-state index is 0.0363. The van der Waals surface area contributed by atoms with Gasteiger partial charge in [0.25, 0.3) is 0 Å². The molecular weight excluding hydrogens is 308 g/mol. The summed E-state index contributed by atoms with van der Waals surface area (Å²) < 4.78 is 5.52. The Hall–Kier alpha value is -2.25. The van der Waals surface area contributed by atoms with Crippen LogP contribution in [0.15, 0.2) is 46.5 Å². The van der Waals surface area contributed by atoms with E-state index < -0.39 is 4.92 Å². The molecule has 0 amide bonds. The summed E-state index contributed by atoms with van der Waals surface area (Å²) in [5.41, 5.74) is 1.81. The molecule has 7 heteroatoms. The third kappa shape index (κ3) is 3.09. The summed E-state index contributed by atoms with van der Waals surface area (Å²) in [5.74, 6) is 0.257. The summed E-state index contributed by atoms with van der Waals surface area (Å²) in [6.07, 6.45) is 0. The van der Waals surface area contributed by atoms with Gasteiger partial charge in [-0.3, -0.25) is 10.1 Å². The van der Waals surface area contributed by atoms with Crippen molar-refractivity contribution in [2.45, 2.75) is 6.61 Å². The second-order valence-electron chi connectivity index (χ2n) is 4.17. The molecule has 0 spiro atoms. The molecule has 0 saturated carbocycles. The molecule has 3 aromatic rings. The van der Waals surface area contributed by atoms with Gasteiger partial charge in [-0.05, 0) is 17.5 Å². The van der Waals surface area contributed by atoms with Crippen LogP contribution in [0.5, 0.6) is 5.75 Å². The van der Waals surface area contributed by atoms with Crippen LogP contribution in [-0.2, 0) is 6.61 Å². The van der Waals surface area contributed by atoms with Crippen LogP contribution in [0.2, 0.25) is 0 Å². The van der Waals surface area contributed by atoms with Crippen LogP contribution in [0, 0.1) is 10.1 Å². The van der Waals surface area contributed by atoms with Crippen molar-refractivity contribution in [1.82, 2.24) is 4.98 Å². The van der Waals surface area contributed by atoms with Gasteiger partial charge in [-0.2, -0.15) is 11.3 Å². The zero-order valence-electron chi connectivity index (χ0n) is 10.8. The van der Waals surface area contributed by atoms with Gasteiger partial charge in [0.05, 0.1) is 10.6 Å². The maximum Gasteiger partial charge on any atom is 0.310 e. The average molecular weight is 318 g/mol. The van der Waals surface area contributed by atoms with E-state index in [4.69, 9.17) is 4.74 Å². The number of rotatable bonds is 5. The van der Waals surface area contributed by atoms with Gasteiger partial charge in [0, 0.05) is 22.4 Å². The first-order chi connectivity index (χ1) is 10.2. The van der Waals surface area contributed by atoms with Crippen molar-refractivity contribution in [3.05, 3.63) is 62.3 Å². The molecule has 21 heavy (non-hydrogen) atoms. The summed E-state index contributed by atoms with van der Waals surface area (Å²) in [5, 5.41) is 17.8. The zero-order valence-corrected chi connectivity index (χ0v) is 12.4. The molecular formula is C14H10N2O3S2. The summed E-state index contributed by atoms with van der Waals surface area (Å²) in [6, 6.07) is 8.34. The van der Waals surface area contributed by atoms with Crippen molar-refractivity contribution < 1.29 is 9.66 Å². The first-order valence-corrected chi connectivity index (χ1v) is 7.89. The minimum Gasteiger partial charge on any atom is -0.480 e. The van der Waals surface area contributed by atoms with Gasteiger partial charge in [0.2, 0.25) is 0 Å². The number of para-hydroxylation sites is 2. The standard InChI is InChI=1S/C14H10N2O3S2/c17-16(18)12-3-1-2-4-13(12)19-7-11-9-21-14(15-11)10-5-6-20-8-10/h1-6,8-9H,7H2. The van der Waals surface area contributed by atoms with Gasteiger partial charge in [-0.25, -0.2) is 4.98 Å². The highest BCUT2D eigenvalue weighted by Gasteiger charge is 2.14. The van der Waals surface area contributed by atoms with Gasteiger partial charge in [-0.15, -0.1) is 11.3 Å². The van der Waals surface area contributed by atoms with E-state index in [1.165, 1.54) is 17.4 Å². The van der Waals surface area contributed by atoms with E-state index in [0.717, 1.165) is 16.3 Å². The fourth-order valence-corrected chi connectivity index (χ4v) is 3.29. The SMILES string of the molecule is O=[N+]([O-])c1ccccc1OCc1csc(-c2ccsc2)n1. The number of nitro groups is 1. The van der Waals surface area contributed by atoms with E-state index in [0.29, 0.717) is 0 Å². The van der Waals surface area contributed by atoms with Crippen molar-refractivity contribution >= 4 is 28.4 Å². The Morgan fingerprint density at radius 2 is 2.10 bits per heavy atom. The molecule has 1 aromatic carbocycles. The van der Waals surface area contributed by atoms with Gasteiger partial charge in [0.15, 0.2) is 5.75 Å². The fraction of sp³-hybridized carbons (Fsp3) is 0.0714. The highest BCUT2D eigenvalue weighted by atomic mass is 32.1. The molecule has 0 saturated heterocycles. The number of nitro benzene ring substituents is 1. The molecule has 0 aliphatic carbocycles. The number of nitrogens with zero attached hydrogens (tertiary/aromatic N) is 2. The lowest BCUT2D eigenvalue weighted by Gasteiger charge is -2.04. The highest BCUT2D eigenvalue weighted by molar-refractivity contribution is 7.14. The van der Waals surface area contributed by atoms with E-state index in [2.05, 4.69) is 4.98 Å². The summed E-state index contributed by atoms with van der Waals surface area (Å²) >= 11 is 3.15. The largest absolute Gasteiger partial charge is 0.480 e. The minimum atomic E-state index is -0.451. The molecule has 0 radical (unpaired) electrons. The fourth-order valence-electron chi connectivity index (χ4n) is 1.77. The Morgan fingerprint density at radius 3 is 2.86 bits per heavy atom. The van der Waals surface area contributed by atoms with E-state index in [-0.39, 0.29) is 18.0 Å². The topological polar surface area (TPSA) is 65.3 Å². The molecule has 0 bridgehead atoms. The van der Waals surface area contributed by atoms with Crippen LogP contribution < -0.4 is 4.74 Å². The lowest BCUT2D eigenvalue weighted by Crippen LogP contribution is -1.99. The first-order valence-electron chi connectivity index (χ1n) is 6.07. The number of thiophene rings is 1. The van der Waals surface area contributed by atoms with Crippen molar-refractivity contribution in [3.63, 3.8) is 0 Å². The number of hydrogen-bond acceptors (Lipinski definition) is 6. The lowest BCUT2D eigenvalue weighted by atomic mass is 10.3. The van der Waals surface area contributed by atoms with Gasteiger partial charge in [0.1, 0.15) is 11.6 Å². The molecule has 0 aliphatic rings. The smallest absolute Gasteiger partial charge is 0.310 e. The zero-order chi connectivity index (χ0) is 14.7. The molecule has 106 valence electrons. The summed E-state index contributed by atoms with van der Waals surface area (Å²) in [6.45, 7) is 0.214. The Kier molecular flexibility index (Phi) is 3.94. The second kappa shape index (κ2) is 6.02. The second-order valence-corrected chi connectivity index (χ2v) is 5.81. The monoisotopic (exact) mass is 318 g/mol. The van der Waals surface area contributed by atoms with E-state index in [1.807, 2.05) is 22.2 Å². The van der Waals surface area contributed by atoms with Crippen molar-refractivity contribution in [2.75, 3.05) is 0 Å². The molecule has 3 rings (SSSR count). The highest BCUT2D eigenvalue weighted by Crippen LogP contribution is 2.28. The van der Waals surface area contributed by atoms with Crippen molar-refractivity contribution in [2.24, 2.45) is 0 Å². The quantitative estimate of drug-likeness (QED) is 0.518. The van der Waals surface area contributed by atoms with Crippen molar-refractivity contribution in [3.8, 4) is 16.3 Å². The van der Waals surface area contributed by atoms with E-state index in [9.17, 15) is 10.1 Å². The number of aromatic nitrogens is 1. The van der Waals surface area contributed by atoms with E-state index >= 15 is 0 Å². The van der Waals surface area contributed by atoms with Crippen LogP contribution in [0.3, 0.4) is 0 Å². The Morgan fingerprint density at radius 1 is 1.24 bits per heavy atom. The normalized spacial score (nSPS) is 10.5. The Balaban J connectivity index is 1.73. The van der Waals surface area contributed by atoms with Gasteiger partial charge >= 0.3 is 5.69 Å². The van der Waals surface area contributed by atoms with Crippen LogP contribution >= 0.6 is 22.7 Å². The molecule has 5 nitrogen and oxygen atoms in total. The maximum absolute atomic E-state index is 10.9. The van der Waals surface area contributed by atoms with Gasteiger partial charge in [-0.1, -0.05) is 12.1 Å². The molecule has 0 aliphatic heterocycles. The number of ether oxygens (including phenoxy) is 1. The number of benzene rings is 1. The lowest BCUT2D eigenvalue weighted by molar-refractivity contribution is -0.385. The predicted molar refractivity (Wildman–Crippen MR) is 82.9 cm³/mol. The molecule has 2 heterocycles. The van der Waals surface area contributed by atoms with Crippen molar-refractivity contribution in [1.29, 1.82) is 0 Å². The number of hydrogen-bond donors (Lipinski definition) is 0. The average Bonchev–Trinajstić information content (AvgIpc) is 3.16. The van der Waals surface area contributed by atoms with Crippen LogP contribution in [0.1, 0.15) is 5.69 Å². The molecule has 0 N–H and O–H groups in total. The van der Waals surface area contributed by atoms with E-state index in [1.54, 1.807) is 29.5 Å². The first kappa shape index (κ1) is 13.7. The third-order valence-electron chi connectivity index (χ3n) is 2.76. The molecule has 0 unspecified atom stereocenters. The van der Waals surface area contributed by atoms with Gasteiger partial charge < -0.3 is 4.74 Å². The maximum atomic E-state index is 10.9. The Bertz CT molecular complexity index is 753. The number of thiazole rings is 1. The third-order valence-corrected chi connectivity index (χ3v) is 4.38.